The molecule has 1 fully saturated rings. The second kappa shape index (κ2) is 5.97. The van der Waals surface area contributed by atoms with Crippen LogP contribution in [-0.2, 0) is 4.79 Å². The van der Waals surface area contributed by atoms with Gasteiger partial charge in [-0.25, -0.2) is 0 Å². The normalized spacial score (nSPS) is 22.7. The minimum absolute atomic E-state index is 0.163. The van der Waals surface area contributed by atoms with E-state index in [-0.39, 0.29) is 5.91 Å². The van der Waals surface area contributed by atoms with E-state index in [0.717, 1.165) is 19.4 Å². The Morgan fingerprint density at radius 1 is 1.54 bits per heavy atom. The van der Waals surface area contributed by atoms with Crippen molar-refractivity contribution in [3.63, 3.8) is 0 Å². The van der Waals surface area contributed by atoms with Gasteiger partial charge < -0.3 is 10.6 Å². The lowest BCUT2D eigenvalue weighted by atomic mass is 10.00. The molecule has 1 aliphatic heterocycles. The molecule has 0 saturated carbocycles. The highest BCUT2D eigenvalue weighted by Gasteiger charge is 2.11. The van der Waals surface area contributed by atoms with Crippen LogP contribution in [0.25, 0.3) is 0 Å². The minimum Gasteiger partial charge on any atom is -0.359 e. The summed E-state index contributed by atoms with van der Waals surface area (Å²) >= 11 is 0. The fourth-order valence-electron chi connectivity index (χ4n) is 1.80. The number of nitrogens with one attached hydrogen (secondary N) is 2. The van der Waals surface area contributed by atoms with Crippen molar-refractivity contribution in [2.75, 3.05) is 13.6 Å². The predicted octanol–water partition coefficient (Wildman–Crippen LogP) is 1.04. The maximum Gasteiger partial charge on any atom is 0.219 e. The zero-order valence-electron chi connectivity index (χ0n) is 8.44. The van der Waals surface area contributed by atoms with Crippen LogP contribution in [0.15, 0.2) is 0 Å². The van der Waals surface area contributed by atoms with Gasteiger partial charge in [-0.15, -0.1) is 0 Å². The van der Waals surface area contributed by atoms with E-state index in [1.54, 1.807) is 7.05 Å². The Morgan fingerprint density at radius 3 is 3.00 bits per heavy atom. The summed E-state index contributed by atoms with van der Waals surface area (Å²) in [4.78, 5) is 10.9. The molecule has 76 valence electrons. The molecule has 1 rings (SSSR count). The third-order valence-electron chi connectivity index (χ3n) is 2.65. The van der Waals surface area contributed by atoms with Crippen LogP contribution in [0, 0.1) is 0 Å². The smallest absolute Gasteiger partial charge is 0.219 e. The van der Waals surface area contributed by atoms with Gasteiger partial charge in [0.1, 0.15) is 0 Å². The summed E-state index contributed by atoms with van der Waals surface area (Å²) in [6.45, 7) is 1.16. The molecule has 3 nitrogen and oxygen atoms in total. The van der Waals surface area contributed by atoms with Gasteiger partial charge in [0, 0.05) is 19.5 Å². The lowest BCUT2D eigenvalue weighted by Gasteiger charge is -2.23. The number of amides is 1. The standard InChI is InChI=1S/C10H20N2O/c1-11-10(13)7-4-6-9-5-2-3-8-12-9/h9,12H,2-8H2,1H3,(H,11,13). The molecule has 0 aromatic rings. The van der Waals surface area contributed by atoms with Crippen molar-refractivity contribution >= 4 is 5.91 Å². The maximum atomic E-state index is 10.9. The Morgan fingerprint density at radius 2 is 2.38 bits per heavy atom. The van der Waals surface area contributed by atoms with E-state index in [9.17, 15) is 4.79 Å². The lowest BCUT2D eigenvalue weighted by molar-refractivity contribution is -0.120. The van der Waals surface area contributed by atoms with Crippen LogP contribution in [0.4, 0.5) is 0 Å². The van der Waals surface area contributed by atoms with Gasteiger partial charge in [0.2, 0.25) is 5.91 Å². The average molecular weight is 184 g/mol. The summed E-state index contributed by atoms with van der Waals surface area (Å²) in [5.41, 5.74) is 0. The molecule has 0 bridgehead atoms. The van der Waals surface area contributed by atoms with Crippen molar-refractivity contribution in [2.24, 2.45) is 0 Å². The maximum absolute atomic E-state index is 10.9. The number of piperidine rings is 1. The molecular weight excluding hydrogens is 164 g/mol. The van der Waals surface area contributed by atoms with E-state index in [0.29, 0.717) is 12.5 Å². The summed E-state index contributed by atoms with van der Waals surface area (Å²) in [7, 11) is 1.70. The Kier molecular flexibility index (Phi) is 4.83. The molecule has 1 unspecified atom stereocenters. The SMILES string of the molecule is CNC(=O)CCCC1CCCCN1. The molecule has 3 heteroatoms. The van der Waals surface area contributed by atoms with Crippen LogP contribution in [0.2, 0.25) is 0 Å². The molecule has 1 heterocycles. The molecule has 1 amide bonds. The van der Waals surface area contributed by atoms with E-state index in [2.05, 4.69) is 10.6 Å². The van der Waals surface area contributed by atoms with Crippen molar-refractivity contribution in [2.45, 2.75) is 44.6 Å². The third kappa shape index (κ3) is 4.27. The van der Waals surface area contributed by atoms with Gasteiger partial charge >= 0.3 is 0 Å². The van der Waals surface area contributed by atoms with Crippen LogP contribution in [-0.4, -0.2) is 25.5 Å². The molecule has 0 aliphatic carbocycles. The first kappa shape index (κ1) is 10.5. The van der Waals surface area contributed by atoms with Gasteiger partial charge in [0.25, 0.3) is 0 Å². The summed E-state index contributed by atoms with van der Waals surface area (Å²) in [5, 5.41) is 6.12. The molecule has 0 aromatic carbocycles. The summed E-state index contributed by atoms with van der Waals surface area (Å²) < 4.78 is 0. The van der Waals surface area contributed by atoms with E-state index < -0.39 is 0 Å². The van der Waals surface area contributed by atoms with Crippen LogP contribution < -0.4 is 10.6 Å². The van der Waals surface area contributed by atoms with Crippen LogP contribution in [0.3, 0.4) is 0 Å². The fourth-order valence-corrected chi connectivity index (χ4v) is 1.80. The monoisotopic (exact) mass is 184 g/mol. The van der Waals surface area contributed by atoms with Crippen molar-refractivity contribution < 1.29 is 4.79 Å². The molecule has 2 N–H and O–H groups in total. The Hall–Kier alpha value is -0.570. The minimum atomic E-state index is 0.163. The van der Waals surface area contributed by atoms with E-state index in [1.165, 1.54) is 19.3 Å². The molecule has 0 radical (unpaired) electrons. The predicted molar refractivity (Wildman–Crippen MR) is 53.6 cm³/mol. The average Bonchev–Trinajstić information content (AvgIpc) is 2.19. The first-order valence-corrected chi connectivity index (χ1v) is 5.27. The lowest BCUT2D eigenvalue weighted by Crippen LogP contribution is -2.34. The quantitative estimate of drug-likeness (QED) is 0.685. The number of hydrogen-bond acceptors (Lipinski definition) is 2. The first-order valence-electron chi connectivity index (χ1n) is 5.27. The largest absolute Gasteiger partial charge is 0.359 e. The molecular formula is C10H20N2O. The second-order valence-corrected chi connectivity index (χ2v) is 3.71. The van der Waals surface area contributed by atoms with E-state index >= 15 is 0 Å². The molecule has 0 aromatic heterocycles. The van der Waals surface area contributed by atoms with Crippen molar-refractivity contribution in [1.29, 1.82) is 0 Å². The topological polar surface area (TPSA) is 41.1 Å². The van der Waals surface area contributed by atoms with Crippen LogP contribution in [0.5, 0.6) is 0 Å². The third-order valence-corrected chi connectivity index (χ3v) is 2.65. The van der Waals surface area contributed by atoms with Gasteiger partial charge in [0.15, 0.2) is 0 Å². The fraction of sp³-hybridized carbons (Fsp3) is 0.900. The highest BCUT2D eigenvalue weighted by atomic mass is 16.1. The zero-order chi connectivity index (χ0) is 9.52. The number of carbonyl (C=O) groups excluding carboxylic acids is 1. The zero-order valence-corrected chi connectivity index (χ0v) is 8.44. The first-order chi connectivity index (χ1) is 6.33. The Labute approximate surface area is 80.3 Å². The van der Waals surface area contributed by atoms with E-state index in [1.807, 2.05) is 0 Å². The summed E-state index contributed by atoms with van der Waals surface area (Å²) in [5.74, 6) is 0.163. The van der Waals surface area contributed by atoms with Crippen LogP contribution in [0.1, 0.15) is 38.5 Å². The van der Waals surface area contributed by atoms with Gasteiger partial charge in [-0.05, 0) is 32.2 Å². The summed E-state index contributed by atoms with van der Waals surface area (Å²) in [6.07, 6.45) is 6.77. The van der Waals surface area contributed by atoms with Crippen molar-refractivity contribution in [3.05, 3.63) is 0 Å². The van der Waals surface area contributed by atoms with Crippen molar-refractivity contribution in [3.8, 4) is 0 Å². The molecule has 1 saturated heterocycles. The number of rotatable bonds is 4. The molecule has 1 aliphatic rings. The Bertz CT molecular complexity index is 153. The van der Waals surface area contributed by atoms with E-state index in [4.69, 9.17) is 0 Å². The molecule has 0 spiro atoms. The van der Waals surface area contributed by atoms with Gasteiger partial charge in [-0.2, -0.15) is 0 Å². The Balaban J connectivity index is 2.01. The number of hydrogen-bond donors (Lipinski definition) is 2. The highest BCUT2D eigenvalue weighted by molar-refractivity contribution is 5.75. The van der Waals surface area contributed by atoms with Gasteiger partial charge in [-0.3, -0.25) is 4.79 Å². The molecule has 13 heavy (non-hydrogen) atoms. The summed E-state index contributed by atoms with van der Waals surface area (Å²) in [6, 6.07) is 0.665. The molecule has 1 atom stereocenters. The van der Waals surface area contributed by atoms with Crippen molar-refractivity contribution in [1.82, 2.24) is 10.6 Å². The van der Waals surface area contributed by atoms with Gasteiger partial charge in [0.05, 0.1) is 0 Å². The number of carbonyl (C=O) groups is 1. The highest BCUT2D eigenvalue weighted by Crippen LogP contribution is 2.12. The second-order valence-electron chi connectivity index (χ2n) is 3.71. The van der Waals surface area contributed by atoms with Crippen LogP contribution >= 0.6 is 0 Å². The van der Waals surface area contributed by atoms with Gasteiger partial charge in [-0.1, -0.05) is 6.42 Å².